The van der Waals surface area contributed by atoms with Gasteiger partial charge in [-0.2, -0.15) is 21.6 Å². The summed E-state index contributed by atoms with van der Waals surface area (Å²) in [6.45, 7) is 13.9. The SMILES string of the molecule is CC1(C)CC[C@H]2[C@H](CC[C@@H]3[C@@H]2CC[C@]2(C)C(=O)CC[C@@H]32)C1.CC1(C)CC[C@H]2[C@H](CC[C@@H]3[C@@H]2CC[C@]2(C)C(OS(=O)(=O)C(F)(F)F)=CC[C@@H]32)C1. The smallest absolute Gasteiger partial charge is 0.380 e. The number of halogens is 3. The van der Waals surface area contributed by atoms with Crippen LogP contribution < -0.4 is 0 Å². The van der Waals surface area contributed by atoms with Crippen molar-refractivity contribution in [2.75, 3.05) is 0 Å². The number of ketones is 1. The first-order valence-corrected chi connectivity index (χ1v) is 21.4. The zero-order valence-corrected chi connectivity index (χ0v) is 31.9. The van der Waals surface area contributed by atoms with Crippen LogP contribution in [-0.2, 0) is 19.1 Å². The van der Waals surface area contributed by atoms with Gasteiger partial charge in [-0.3, -0.25) is 4.79 Å². The molecule has 12 atom stereocenters. The summed E-state index contributed by atoms with van der Waals surface area (Å²) in [5.74, 6) is 7.98. The Hall–Kier alpha value is -1.05. The summed E-state index contributed by atoms with van der Waals surface area (Å²) < 4.78 is 66.2. The fourth-order valence-electron chi connectivity index (χ4n) is 14.2. The molecule has 8 aliphatic carbocycles. The maximum absolute atomic E-state index is 12.8. The molecule has 0 aliphatic heterocycles. The average molecular weight is 709 g/mol. The van der Waals surface area contributed by atoms with Crippen LogP contribution in [0.3, 0.4) is 0 Å². The van der Waals surface area contributed by atoms with Gasteiger partial charge < -0.3 is 4.18 Å². The topological polar surface area (TPSA) is 60.4 Å². The molecule has 8 rings (SSSR count). The second-order valence-corrected chi connectivity index (χ2v) is 21.9. The number of rotatable bonds is 2. The van der Waals surface area contributed by atoms with Gasteiger partial charge in [0.2, 0.25) is 0 Å². The quantitative estimate of drug-likeness (QED) is 0.212. The standard InChI is InChI=1S/C21H31F3O3S.C20H32O/c1-19(2)10-8-14-13(12-19)4-5-16-15(14)9-11-20(3)17(16)6-7-18(20)27-28(25,26)21(22,23)24;1-19(2)10-8-14-13(12-19)4-5-16-15(14)9-11-20(3)17(16)6-7-18(20)21/h7,13-17H,4-6,8-12H2,1-3H3;13-17H,4-12H2,1-3H3/t2*13-,14+,15-,16-,17+,20+/m11/s1. The molecule has 0 unspecified atom stereocenters. The van der Waals surface area contributed by atoms with E-state index in [-0.39, 0.29) is 17.1 Å². The van der Waals surface area contributed by atoms with E-state index in [0.29, 0.717) is 41.3 Å². The number of Topliss-reactive ketones (excluding diaryl/α,β-unsaturated/α-hetero) is 1. The van der Waals surface area contributed by atoms with Gasteiger partial charge in [0.05, 0.1) is 0 Å². The molecule has 0 radical (unpaired) electrons. The Morgan fingerprint density at radius 1 is 0.633 bits per heavy atom. The van der Waals surface area contributed by atoms with E-state index in [0.717, 1.165) is 60.7 Å². The number of carbonyl (C=O) groups excluding carboxylic acids is 1. The van der Waals surface area contributed by atoms with E-state index < -0.39 is 21.0 Å². The predicted octanol–water partition coefficient (Wildman–Crippen LogP) is 11.3. The Balaban J connectivity index is 0.000000160. The summed E-state index contributed by atoms with van der Waals surface area (Å²) in [6.07, 6.45) is 21.9. The van der Waals surface area contributed by atoms with Gasteiger partial charge in [0.25, 0.3) is 0 Å². The number of fused-ring (bicyclic) bond motifs is 10. The predicted molar refractivity (Wildman–Crippen MR) is 186 cm³/mol. The van der Waals surface area contributed by atoms with Gasteiger partial charge in [0.15, 0.2) is 0 Å². The van der Waals surface area contributed by atoms with Crippen LogP contribution in [0.5, 0.6) is 0 Å². The third-order valence-electron chi connectivity index (χ3n) is 16.7. The second kappa shape index (κ2) is 12.3. The summed E-state index contributed by atoms with van der Waals surface area (Å²) in [5, 5.41) is 0. The molecule has 0 saturated heterocycles. The molecule has 7 fully saturated rings. The van der Waals surface area contributed by atoms with E-state index in [4.69, 9.17) is 0 Å². The zero-order valence-electron chi connectivity index (χ0n) is 31.0. The van der Waals surface area contributed by atoms with Crippen LogP contribution >= 0.6 is 0 Å². The highest BCUT2D eigenvalue weighted by molar-refractivity contribution is 7.87. The van der Waals surface area contributed by atoms with Crippen molar-refractivity contribution in [1.82, 2.24) is 0 Å². The van der Waals surface area contributed by atoms with Crippen LogP contribution in [-0.4, -0.2) is 19.7 Å². The lowest BCUT2D eigenvalue weighted by molar-refractivity contribution is -0.133. The highest BCUT2D eigenvalue weighted by Crippen LogP contribution is 2.65. The molecule has 0 amide bonds. The van der Waals surface area contributed by atoms with Crippen molar-refractivity contribution in [2.45, 2.75) is 156 Å². The number of allylic oxidation sites excluding steroid dienone is 2. The summed E-state index contributed by atoms with van der Waals surface area (Å²) >= 11 is 0. The Morgan fingerprint density at radius 2 is 1.12 bits per heavy atom. The molecule has 49 heavy (non-hydrogen) atoms. The van der Waals surface area contributed by atoms with Gasteiger partial charge in [-0.1, -0.05) is 41.5 Å². The fourth-order valence-corrected chi connectivity index (χ4v) is 14.8. The molecule has 8 heteroatoms. The van der Waals surface area contributed by atoms with Gasteiger partial charge >= 0.3 is 15.6 Å². The maximum atomic E-state index is 12.8. The molecule has 8 aliphatic rings. The first-order valence-electron chi connectivity index (χ1n) is 20.0. The largest absolute Gasteiger partial charge is 0.534 e. The Labute approximate surface area is 294 Å². The lowest BCUT2D eigenvalue weighted by atomic mass is 9.49. The van der Waals surface area contributed by atoms with Crippen molar-refractivity contribution in [1.29, 1.82) is 0 Å². The molecule has 0 N–H and O–H groups in total. The highest BCUT2D eigenvalue weighted by Gasteiger charge is 2.59. The maximum Gasteiger partial charge on any atom is 0.534 e. The molecule has 278 valence electrons. The number of alkyl halides is 3. The summed E-state index contributed by atoms with van der Waals surface area (Å²) in [7, 11) is -5.60. The first-order chi connectivity index (χ1) is 22.7. The first kappa shape index (κ1) is 36.3. The molecule has 0 aromatic heterocycles. The van der Waals surface area contributed by atoms with Crippen molar-refractivity contribution in [3.05, 3.63) is 11.8 Å². The van der Waals surface area contributed by atoms with Crippen molar-refractivity contribution < 1.29 is 30.6 Å². The minimum atomic E-state index is -5.60. The van der Waals surface area contributed by atoms with E-state index in [9.17, 15) is 26.4 Å². The van der Waals surface area contributed by atoms with Crippen LogP contribution in [0.2, 0.25) is 0 Å². The summed E-state index contributed by atoms with van der Waals surface area (Å²) in [6, 6.07) is 0. The Kier molecular flexibility index (Phi) is 9.08. The van der Waals surface area contributed by atoms with E-state index in [1.807, 2.05) is 6.92 Å². The molecule has 4 nitrogen and oxygen atoms in total. The van der Waals surface area contributed by atoms with E-state index in [1.54, 1.807) is 6.08 Å². The molecule has 7 saturated carbocycles. The summed E-state index contributed by atoms with van der Waals surface area (Å²) in [5.41, 5.74) is -4.91. The van der Waals surface area contributed by atoms with Gasteiger partial charge in [-0.05, 0) is 179 Å². The van der Waals surface area contributed by atoms with E-state index in [2.05, 4.69) is 38.8 Å². The van der Waals surface area contributed by atoms with Gasteiger partial charge in [-0.15, -0.1) is 0 Å². The Bertz CT molecular complexity index is 1430. The van der Waals surface area contributed by atoms with E-state index >= 15 is 0 Å². The van der Waals surface area contributed by atoms with Crippen LogP contribution in [0, 0.1) is 80.8 Å². The number of carbonyl (C=O) groups is 1. The molecule has 0 aromatic rings. The zero-order chi connectivity index (χ0) is 35.4. The molecular weight excluding hydrogens is 646 g/mol. The Morgan fingerprint density at radius 3 is 1.65 bits per heavy atom. The number of hydrogen-bond acceptors (Lipinski definition) is 4. The third kappa shape index (κ3) is 6.28. The fraction of sp³-hybridized carbons (Fsp3) is 0.927. The molecular formula is C41H63F3O4S. The monoisotopic (exact) mass is 708 g/mol. The van der Waals surface area contributed by atoms with E-state index in [1.165, 1.54) is 77.0 Å². The minimum Gasteiger partial charge on any atom is -0.380 e. The molecule has 0 bridgehead atoms. The van der Waals surface area contributed by atoms with Crippen molar-refractivity contribution >= 4 is 15.9 Å². The lowest BCUT2D eigenvalue weighted by Gasteiger charge is -2.56. The minimum absolute atomic E-state index is 0.0279. The molecule has 0 spiro atoms. The van der Waals surface area contributed by atoms with Crippen LogP contribution in [0.4, 0.5) is 13.2 Å². The second-order valence-electron chi connectivity index (χ2n) is 20.3. The van der Waals surface area contributed by atoms with Crippen molar-refractivity contribution in [3.8, 4) is 0 Å². The van der Waals surface area contributed by atoms with Crippen LogP contribution in [0.1, 0.15) is 151 Å². The lowest BCUT2D eigenvalue weighted by Crippen LogP contribution is -2.49. The molecule has 0 heterocycles. The normalized spacial score (nSPS) is 46.7. The van der Waals surface area contributed by atoms with Crippen molar-refractivity contribution in [2.24, 2.45) is 80.8 Å². The molecule has 0 aromatic carbocycles. The highest BCUT2D eigenvalue weighted by atomic mass is 32.2. The van der Waals surface area contributed by atoms with Gasteiger partial charge in [0, 0.05) is 17.3 Å². The van der Waals surface area contributed by atoms with Gasteiger partial charge in [0.1, 0.15) is 11.5 Å². The summed E-state index contributed by atoms with van der Waals surface area (Å²) in [4.78, 5) is 12.4. The van der Waals surface area contributed by atoms with Crippen molar-refractivity contribution in [3.63, 3.8) is 0 Å². The third-order valence-corrected chi connectivity index (χ3v) is 17.6. The van der Waals surface area contributed by atoms with Crippen LogP contribution in [0.25, 0.3) is 0 Å². The van der Waals surface area contributed by atoms with Crippen LogP contribution in [0.15, 0.2) is 11.8 Å². The number of hydrogen-bond donors (Lipinski definition) is 0. The van der Waals surface area contributed by atoms with Gasteiger partial charge in [-0.25, -0.2) is 0 Å². The average Bonchev–Trinajstić information content (AvgIpc) is 3.50.